The van der Waals surface area contributed by atoms with E-state index in [1.165, 1.54) is 24.3 Å². The van der Waals surface area contributed by atoms with Crippen LogP contribution in [0.25, 0.3) is 0 Å². The van der Waals surface area contributed by atoms with Gasteiger partial charge in [0.15, 0.2) is 0 Å². The monoisotopic (exact) mass is 249 g/mol. The van der Waals surface area contributed by atoms with Crippen molar-refractivity contribution >= 4 is 5.91 Å². The van der Waals surface area contributed by atoms with Crippen LogP contribution in [-0.2, 0) is 0 Å². The van der Waals surface area contributed by atoms with Crippen LogP contribution in [0.4, 0.5) is 13.2 Å². The Kier molecular flexibility index (Phi) is 3.74. The first-order chi connectivity index (χ1) is 7.74. The number of amides is 1. The number of rotatable bonds is 3. The van der Waals surface area contributed by atoms with Crippen LogP contribution >= 0.6 is 0 Å². The Morgan fingerprint density at radius 3 is 2.18 bits per heavy atom. The van der Waals surface area contributed by atoms with Crippen molar-refractivity contribution < 1.29 is 28.2 Å². The summed E-state index contributed by atoms with van der Waals surface area (Å²) in [6.07, 6.45) is -5.23. The van der Waals surface area contributed by atoms with E-state index in [1.807, 2.05) is 0 Å². The minimum atomic E-state index is -5.23. The molecule has 0 saturated carbocycles. The molecule has 1 aromatic rings. The maximum absolute atomic E-state index is 12.0. The smallest absolute Gasteiger partial charge is 0.357 e. The third-order valence-corrected chi connectivity index (χ3v) is 1.99. The first kappa shape index (κ1) is 13.5. The molecule has 0 aliphatic heterocycles. The van der Waals surface area contributed by atoms with Crippen molar-refractivity contribution in [3.8, 4) is 0 Å². The van der Waals surface area contributed by atoms with Crippen LogP contribution in [0, 0.1) is 0 Å². The SMILES string of the molecule is O=C(NCC(O)(O)C(F)(F)F)c1ccccc1. The summed E-state index contributed by atoms with van der Waals surface area (Å²) in [6, 6.07) is 7.47. The zero-order chi connectivity index (χ0) is 13.1. The van der Waals surface area contributed by atoms with Crippen molar-refractivity contribution in [2.24, 2.45) is 0 Å². The van der Waals surface area contributed by atoms with Crippen LogP contribution < -0.4 is 5.32 Å². The van der Waals surface area contributed by atoms with Crippen LogP contribution in [0.5, 0.6) is 0 Å². The lowest BCUT2D eigenvalue weighted by atomic mass is 10.2. The Labute approximate surface area is 94.7 Å². The van der Waals surface area contributed by atoms with Crippen LogP contribution in [0.3, 0.4) is 0 Å². The molecule has 17 heavy (non-hydrogen) atoms. The molecule has 7 heteroatoms. The van der Waals surface area contributed by atoms with Crippen LogP contribution in [0.2, 0.25) is 0 Å². The summed E-state index contributed by atoms with van der Waals surface area (Å²) >= 11 is 0. The van der Waals surface area contributed by atoms with E-state index in [0.29, 0.717) is 0 Å². The van der Waals surface area contributed by atoms with E-state index in [9.17, 15) is 18.0 Å². The Hall–Kier alpha value is -1.60. The van der Waals surface area contributed by atoms with Gasteiger partial charge >= 0.3 is 6.18 Å². The number of hydrogen-bond donors (Lipinski definition) is 3. The van der Waals surface area contributed by atoms with Crippen LogP contribution in [0.15, 0.2) is 30.3 Å². The predicted molar refractivity (Wildman–Crippen MR) is 52.0 cm³/mol. The minimum Gasteiger partial charge on any atom is -0.357 e. The Morgan fingerprint density at radius 2 is 1.71 bits per heavy atom. The summed E-state index contributed by atoms with van der Waals surface area (Å²) in [7, 11) is 0. The number of alkyl halides is 3. The van der Waals surface area contributed by atoms with E-state index < -0.39 is 24.4 Å². The molecule has 0 spiro atoms. The number of hydrogen-bond acceptors (Lipinski definition) is 3. The highest BCUT2D eigenvalue weighted by Crippen LogP contribution is 2.27. The number of halogens is 3. The number of carbonyl (C=O) groups is 1. The summed E-state index contributed by atoms with van der Waals surface area (Å²) in [6.45, 7) is -1.33. The highest BCUT2D eigenvalue weighted by molar-refractivity contribution is 5.94. The minimum absolute atomic E-state index is 0.130. The van der Waals surface area contributed by atoms with Crippen molar-refractivity contribution in [2.75, 3.05) is 6.54 Å². The van der Waals surface area contributed by atoms with Gasteiger partial charge in [0.05, 0.1) is 6.54 Å². The van der Waals surface area contributed by atoms with Gasteiger partial charge in [-0.1, -0.05) is 18.2 Å². The summed E-state index contributed by atoms with van der Waals surface area (Å²) in [5.41, 5.74) is 0.130. The van der Waals surface area contributed by atoms with Gasteiger partial charge in [-0.3, -0.25) is 4.79 Å². The molecule has 4 nitrogen and oxygen atoms in total. The van der Waals surface area contributed by atoms with Gasteiger partial charge in [0, 0.05) is 5.56 Å². The van der Waals surface area contributed by atoms with Gasteiger partial charge in [0.1, 0.15) is 0 Å². The molecule has 3 N–H and O–H groups in total. The molecule has 1 rings (SSSR count). The number of benzene rings is 1. The maximum atomic E-state index is 12.0. The van der Waals surface area contributed by atoms with E-state index in [4.69, 9.17) is 10.2 Å². The third-order valence-electron chi connectivity index (χ3n) is 1.99. The summed E-state index contributed by atoms with van der Waals surface area (Å²) in [5.74, 6) is -4.75. The fourth-order valence-corrected chi connectivity index (χ4v) is 0.995. The standard InChI is InChI=1S/C10H10F3NO3/c11-10(12,13)9(16,17)6-14-8(15)7-4-2-1-3-5-7/h1-5,16-17H,6H2,(H,14,15). The fraction of sp³-hybridized carbons (Fsp3) is 0.300. The van der Waals surface area contributed by atoms with E-state index in [-0.39, 0.29) is 5.56 Å². The first-order valence-electron chi connectivity index (χ1n) is 4.59. The molecule has 0 radical (unpaired) electrons. The van der Waals surface area contributed by atoms with Gasteiger partial charge in [0.2, 0.25) is 0 Å². The van der Waals surface area contributed by atoms with Crippen molar-refractivity contribution in [1.29, 1.82) is 0 Å². The zero-order valence-electron chi connectivity index (χ0n) is 8.53. The van der Waals surface area contributed by atoms with Gasteiger partial charge in [-0.2, -0.15) is 13.2 Å². The lowest BCUT2D eigenvalue weighted by Gasteiger charge is -2.24. The van der Waals surface area contributed by atoms with Crippen molar-refractivity contribution in [2.45, 2.75) is 12.0 Å². The van der Waals surface area contributed by atoms with Gasteiger partial charge in [-0.25, -0.2) is 0 Å². The molecule has 0 aromatic heterocycles. The normalized spacial score (nSPS) is 12.3. The van der Waals surface area contributed by atoms with Crippen molar-refractivity contribution in [1.82, 2.24) is 5.32 Å². The molecule has 0 saturated heterocycles. The van der Waals surface area contributed by atoms with E-state index in [0.717, 1.165) is 0 Å². The molecule has 0 bridgehead atoms. The lowest BCUT2D eigenvalue weighted by molar-refractivity contribution is -0.344. The molecular weight excluding hydrogens is 239 g/mol. The Morgan fingerprint density at radius 1 is 1.18 bits per heavy atom. The van der Waals surface area contributed by atoms with Gasteiger partial charge in [-0.05, 0) is 12.1 Å². The topological polar surface area (TPSA) is 69.6 Å². The molecule has 1 amide bonds. The molecule has 0 unspecified atom stereocenters. The molecule has 0 heterocycles. The fourth-order valence-electron chi connectivity index (χ4n) is 0.995. The summed E-state index contributed by atoms with van der Waals surface area (Å²) in [4.78, 5) is 11.3. The highest BCUT2D eigenvalue weighted by Gasteiger charge is 2.52. The Bertz CT molecular complexity index is 390. The zero-order valence-corrected chi connectivity index (χ0v) is 8.53. The second kappa shape index (κ2) is 4.72. The highest BCUT2D eigenvalue weighted by atomic mass is 19.4. The number of aliphatic hydroxyl groups is 2. The Balaban J connectivity index is 2.61. The second-order valence-corrected chi connectivity index (χ2v) is 3.36. The quantitative estimate of drug-likeness (QED) is 0.689. The summed E-state index contributed by atoms with van der Waals surface area (Å²) in [5, 5.41) is 19.1. The van der Waals surface area contributed by atoms with Gasteiger partial charge < -0.3 is 15.5 Å². The van der Waals surface area contributed by atoms with Gasteiger partial charge in [-0.15, -0.1) is 0 Å². The number of carbonyl (C=O) groups excluding carboxylic acids is 1. The van der Waals surface area contributed by atoms with E-state index in [1.54, 1.807) is 11.4 Å². The van der Waals surface area contributed by atoms with Crippen LogP contribution in [0.1, 0.15) is 10.4 Å². The van der Waals surface area contributed by atoms with Crippen molar-refractivity contribution in [3.05, 3.63) is 35.9 Å². The average molecular weight is 249 g/mol. The molecule has 0 fully saturated rings. The predicted octanol–water partition coefficient (Wildman–Crippen LogP) is 0.660. The molecule has 0 aliphatic carbocycles. The molecular formula is C10H10F3NO3. The largest absolute Gasteiger partial charge is 0.444 e. The molecule has 1 aromatic carbocycles. The average Bonchev–Trinajstić information content (AvgIpc) is 2.25. The van der Waals surface area contributed by atoms with E-state index in [2.05, 4.69) is 0 Å². The van der Waals surface area contributed by atoms with Crippen LogP contribution in [-0.4, -0.2) is 34.6 Å². The lowest BCUT2D eigenvalue weighted by Crippen LogP contribution is -2.53. The molecule has 0 aliphatic rings. The molecule has 94 valence electrons. The maximum Gasteiger partial charge on any atom is 0.444 e. The third kappa shape index (κ3) is 3.43. The molecule has 0 atom stereocenters. The van der Waals surface area contributed by atoms with Gasteiger partial charge in [0.25, 0.3) is 11.7 Å². The second-order valence-electron chi connectivity index (χ2n) is 3.36. The number of nitrogens with one attached hydrogen (secondary N) is 1. The van der Waals surface area contributed by atoms with E-state index >= 15 is 0 Å². The first-order valence-corrected chi connectivity index (χ1v) is 4.59. The van der Waals surface area contributed by atoms with Crippen molar-refractivity contribution in [3.63, 3.8) is 0 Å². The summed E-state index contributed by atoms with van der Waals surface area (Å²) < 4.78 is 36.1.